The van der Waals surface area contributed by atoms with Crippen LogP contribution in [0, 0.1) is 0 Å². The minimum Gasteiger partial charge on any atom is -0.475 e. The molecule has 0 saturated carbocycles. The van der Waals surface area contributed by atoms with Gasteiger partial charge in [-0.25, -0.2) is 13.4 Å². The maximum Gasteiger partial charge on any atom is 0.251 e. The van der Waals surface area contributed by atoms with Crippen molar-refractivity contribution in [3.63, 3.8) is 0 Å². The quantitative estimate of drug-likeness (QED) is 0.672. The Hall–Kier alpha value is -2.98. The summed E-state index contributed by atoms with van der Waals surface area (Å²) in [4.78, 5) is 28.1. The molecular formula is C20H24N4O5S. The summed E-state index contributed by atoms with van der Waals surface area (Å²) >= 11 is 0. The topological polar surface area (TPSA) is 118 Å². The van der Waals surface area contributed by atoms with E-state index in [4.69, 9.17) is 4.74 Å². The maximum atomic E-state index is 12.6. The highest BCUT2D eigenvalue weighted by Crippen LogP contribution is 2.17. The molecule has 10 heteroatoms. The van der Waals surface area contributed by atoms with Crippen LogP contribution in [0.3, 0.4) is 0 Å². The summed E-state index contributed by atoms with van der Waals surface area (Å²) in [5, 5.41) is 5.36. The fourth-order valence-electron chi connectivity index (χ4n) is 2.86. The monoisotopic (exact) mass is 432 g/mol. The molecule has 0 atom stereocenters. The van der Waals surface area contributed by atoms with Crippen molar-refractivity contribution in [2.45, 2.75) is 31.4 Å². The molecule has 3 rings (SSSR count). The molecule has 0 spiro atoms. The third kappa shape index (κ3) is 5.33. The maximum absolute atomic E-state index is 12.6. The molecule has 0 aliphatic carbocycles. The van der Waals surface area contributed by atoms with Crippen molar-refractivity contribution in [2.24, 2.45) is 0 Å². The first-order valence-corrected chi connectivity index (χ1v) is 11.0. The molecule has 30 heavy (non-hydrogen) atoms. The van der Waals surface area contributed by atoms with E-state index in [0.717, 1.165) is 9.87 Å². The van der Waals surface area contributed by atoms with E-state index in [2.05, 4.69) is 15.6 Å². The van der Waals surface area contributed by atoms with Crippen LogP contribution in [0.15, 0.2) is 47.5 Å². The second-order valence-electron chi connectivity index (χ2n) is 7.07. The van der Waals surface area contributed by atoms with Crippen molar-refractivity contribution in [1.82, 2.24) is 19.9 Å². The van der Waals surface area contributed by atoms with E-state index in [1.807, 2.05) is 19.9 Å². The van der Waals surface area contributed by atoms with Gasteiger partial charge in [0.25, 0.3) is 5.91 Å². The smallest absolute Gasteiger partial charge is 0.251 e. The molecule has 2 N–H and O–H groups in total. The zero-order valence-corrected chi connectivity index (χ0v) is 17.6. The average molecular weight is 433 g/mol. The van der Waals surface area contributed by atoms with Crippen LogP contribution in [-0.2, 0) is 21.4 Å². The third-order valence-electron chi connectivity index (χ3n) is 4.36. The molecule has 2 aromatic rings. The number of carbonyl (C=O) groups excluding carboxylic acids is 2. The largest absolute Gasteiger partial charge is 0.475 e. The number of sulfonamides is 1. The van der Waals surface area contributed by atoms with Gasteiger partial charge in [-0.05, 0) is 43.7 Å². The molecule has 9 nitrogen and oxygen atoms in total. The Bertz CT molecular complexity index is 1000. The highest BCUT2D eigenvalue weighted by molar-refractivity contribution is 7.89. The Morgan fingerprint density at radius 1 is 1.23 bits per heavy atom. The standard InChI is InChI=1S/C20H24N4O5S/c1-14(2)29-19-8-3-15(11-22-19)12-23-20(26)16-4-6-17(7-5-16)30(27,28)24-10-9-21-18(25)13-24/h3-8,11,14H,9-10,12-13H2,1-2H3,(H,21,25)(H,23,26). The van der Waals surface area contributed by atoms with Gasteiger partial charge in [-0.3, -0.25) is 9.59 Å². The number of piperazine rings is 1. The second kappa shape index (κ2) is 9.23. The average Bonchev–Trinajstić information content (AvgIpc) is 2.73. The molecule has 0 radical (unpaired) electrons. The van der Waals surface area contributed by atoms with Crippen LogP contribution in [0.5, 0.6) is 5.88 Å². The first kappa shape index (κ1) is 21.7. The summed E-state index contributed by atoms with van der Waals surface area (Å²) in [6, 6.07) is 9.19. The minimum atomic E-state index is -3.78. The number of nitrogens with one attached hydrogen (secondary N) is 2. The van der Waals surface area contributed by atoms with Gasteiger partial charge in [0, 0.05) is 37.5 Å². The van der Waals surface area contributed by atoms with Crippen LogP contribution in [0.1, 0.15) is 29.8 Å². The zero-order valence-electron chi connectivity index (χ0n) is 16.8. The van der Waals surface area contributed by atoms with Gasteiger partial charge >= 0.3 is 0 Å². The summed E-state index contributed by atoms with van der Waals surface area (Å²) in [7, 11) is -3.78. The predicted octanol–water partition coefficient (Wildman–Crippen LogP) is 0.919. The zero-order chi connectivity index (χ0) is 21.7. The molecule has 1 aliphatic rings. The van der Waals surface area contributed by atoms with Gasteiger partial charge in [0.1, 0.15) is 0 Å². The van der Waals surface area contributed by atoms with Crippen molar-refractivity contribution in [1.29, 1.82) is 0 Å². The SMILES string of the molecule is CC(C)Oc1ccc(CNC(=O)c2ccc(S(=O)(=O)N3CCNC(=O)C3)cc2)cn1. The number of carbonyl (C=O) groups is 2. The van der Waals surface area contributed by atoms with E-state index >= 15 is 0 Å². The van der Waals surface area contributed by atoms with Gasteiger partial charge in [-0.2, -0.15) is 4.31 Å². The summed E-state index contributed by atoms with van der Waals surface area (Å²) in [5.41, 5.74) is 1.14. The van der Waals surface area contributed by atoms with Crippen LogP contribution in [0.4, 0.5) is 0 Å². The Morgan fingerprint density at radius 2 is 1.97 bits per heavy atom. The highest BCUT2D eigenvalue weighted by atomic mass is 32.2. The van der Waals surface area contributed by atoms with Gasteiger partial charge in [0.2, 0.25) is 21.8 Å². The van der Waals surface area contributed by atoms with Gasteiger partial charge < -0.3 is 15.4 Å². The number of hydrogen-bond acceptors (Lipinski definition) is 6. The van der Waals surface area contributed by atoms with Crippen LogP contribution in [0.2, 0.25) is 0 Å². The van der Waals surface area contributed by atoms with Crippen LogP contribution in [-0.4, -0.2) is 55.3 Å². The molecule has 2 amide bonds. The van der Waals surface area contributed by atoms with Crippen LogP contribution >= 0.6 is 0 Å². The third-order valence-corrected chi connectivity index (χ3v) is 6.22. The molecule has 1 saturated heterocycles. The van der Waals surface area contributed by atoms with Crippen molar-refractivity contribution in [3.8, 4) is 5.88 Å². The van der Waals surface area contributed by atoms with Gasteiger partial charge in [0.15, 0.2) is 0 Å². The van der Waals surface area contributed by atoms with E-state index in [1.165, 1.54) is 24.3 Å². The number of amides is 2. The molecule has 160 valence electrons. The minimum absolute atomic E-state index is 0.0295. The summed E-state index contributed by atoms with van der Waals surface area (Å²) in [5.74, 6) is -0.152. The Kier molecular flexibility index (Phi) is 6.68. The summed E-state index contributed by atoms with van der Waals surface area (Å²) in [6.07, 6.45) is 1.66. The van der Waals surface area contributed by atoms with E-state index < -0.39 is 10.0 Å². The second-order valence-corrected chi connectivity index (χ2v) is 9.00. The highest BCUT2D eigenvalue weighted by Gasteiger charge is 2.29. The van der Waals surface area contributed by atoms with Crippen molar-refractivity contribution in [3.05, 3.63) is 53.7 Å². The molecule has 1 fully saturated rings. The van der Waals surface area contributed by atoms with E-state index in [0.29, 0.717) is 11.4 Å². The number of benzene rings is 1. The van der Waals surface area contributed by atoms with E-state index in [1.54, 1.807) is 12.3 Å². The van der Waals surface area contributed by atoms with E-state index in [-0.39, 0.29) is 49.0 Å². The van der Waals surface area contributed by atoms with Crippen LogP contribution in [0.25, 0.3) is 0 Å². The molecule has 1 aliphatic heterocycles. The summed E-state index contributed by atoms with van der Waals surface area (Å²) < 4.78 is 31.9. The Labute approximate surface area is 175 Å². The number of nitrogens with zero attached hydrogens (tertiary/aromatic N) is 2. The number of aromatic nitrogens is 1. The lowest BCUT2D eigenvalue weighted by atomic mass is 10.2. The fraction of sp³-hybridized carbons (Fsp3) is 0.350. The van der Waals surface area contributed by atoms with E-state index in [9.17, 15) is 18.0 Å². The first-order chi connectivity index (χ1) is 14.3. The molecule has 0 bridgehead atoms. The molecule has 0 unspecified atom stereocenters. The van der Waals surface area contributed by atoms with Gasteiger partial charge in [-0.15, -0.1) is 0 Å². The number of ether oxygens (including phenoxy) is 1. The molecule has 1 aromatic carbocycles. The molecule has 1 aromatic heterocycles. The first-order valence-electron chi connectivity index (χ1n) is 9.52. The normalized spacial score (nSPS) is 15.0. The van der Waals surface area contributed by atoms with Gasteiger partial charge in [-0.1, -0.05) is 6.07 Å². The number of pyridine rings is 1. The fourth-order valence-corrected chi connectivity index (χ4v) is 4.26. The summed E-state index contributed by atoms with van der Waals surface area (Å²) in [6.45, 7) is 4.38. The molecule has 2 heterocycles. The Morgan fingerprint density at radius 3 is 2.57 bits per heavy atom. The van der Waals surface area contributed by atoms with Crippen molar-refractivity contribution >= 4 is 21.8 Å². The van der Waals surface area contributed by atoms with Gasteiger partial charge in [0.05, 0.1) is 17.5 Å². The lowest BCUT2D eigenvalue weighted by Gasteiger charge is -2.25. The van der Waals surface area contributed by atoms with Crippen molar-refractivity contribution < 1.29 is 22.7 Å². The van der Waals surface area contributed by atoms with Crippen LogP contribution < -0.4 is 15.4 Å². The van der Waals surface area contributed by atoms with Crippen molar-refractivity contribution in [2.75, 3.05) is 19.6 Å². The lowest BCUT2D eigenvalue weighted by Crippen LogP contribution is -2.49. The predicted molar refractivity (Wildman–Crippen MR) is 109 cm³/mol. The molecular weight excluding hydrogens is 408 g/mol. The number of rotatable bonds is 7. The number of hydrogen-bond donors (Lipinski definition) is 2. The Balaban J connectivity index is 1.60. The lowest BCUT2D eigenvalue weighted by molar-refractivity contribution is -0.122.